The summed E-state index contributed by atoms with van der Waals surface area (Å²) in [5.41, 5.74) is 0.607. The van der Waals surface area contributed by atoms with E-state index in [0.717, 1.165) is 3.57 Å². The second-order valence-corrected chi connectivity index (χ2v) is 2.85. The van der Waals surface area contributed by atoms with Gasteiger partial charge in [-0.05, 0) is 34.7 Å². The quantitative estimate of drug-likeness (QED) is 0.715. The molecule has 3 heteroatoms. The van der Waals surface area contributed by atoms with Crippen LogP contribution in [0, 0.1) is 8.48 Å². The van der Waals surface area contributed by atoms with E-state index in [9.17, 15) is 4.91 Å². The maximum Gasteiger partial charge on any atom is 0.253 e. The number of hydrogen-bond acceptors (Lipinski definition) is 1. The van der Waals surface area contributed by atoms with Crippen LogP contribution in [0.15, 0.2) is 24.3 Å². The SMILES string of the molecule is O=[NH+]c1ccc(I)cc1. The lowest BCUT2D eigenvalue weighted by Crippen LogP contribution is -2.55. The van der Waals surface area contributed by atoms with Crippen molar-refractivity contribution in [2.24, 2.45) is 0 Å². The molecule has 0 saturated carbocycles. The van der Waals surface area contributed by atoms with Gasteiger partial charge in [0.25, 0.3) is 5.69 Å². The molecule has 0 fully saturated rings. The molecule has 0 saturated heterocycles. The molecule has 1 aromatic carbocycles. The molecule has 0 unspecified atom stereocenters. The molecule has 46 valence electrons. The molecule has 0 amide bonds. The molecular formula is C6H5INO+. The minimum atomic E-state index is 0.607. The Kier molecular flexibility index (Phi) is 2.16. The summed E-state index contributed by atoms with van der Waals surface area (Å²) in [5.74, 6) is 0. The second kappa shape index (κ2) is 2.91. The zero-order valence-electron chi connectivity index (χ0n) is 4.60. The van der Waals surface area contributed by atoms with Crippen LogP contribution in [0.3, 0.4) is 0 Å². The van der Waals surface area contributed by atoms with Crippen LogP contribution in [0.4, 0.5) is 5.69 Å². The van der Waals surface area contributed by atoms with E-state index in [1.54, 1.807) is 17.3 Å². The summed E-state index contributed by atoms with van der Waals surface area (Å²) in [6, 6.07) is 7.24. The number of benzene rings is 1. The Bertz CT molecular complexity index is 207. The van der Waals surface area contributed by atoms with Gasteiger partial charge in [0.05, 0.1) is 0 Å². The molecule has 0 bridgehead atoms. The van der Waals surface area contributed by atoms with Crippen LogP contribution in [0.25, 0.3) is 0 Å². The molecule has 0 aliphatic carbocycles. The van der Waals surface area contributed by atoms with Crippen LogP contribution in [-0.2, 0) is 0 Å². The van der Waals surface area contributed by atoms with Gasteiger partial charge >= 0.3 is 0 Å². The lowest BCUT2D eigenvalue weighted by Gasteiger charge is -1.82. The molecule has 0 aromatic heterocycles. The number of nitroso groups, excluding NO2 is 1. The Morgan fingerprint density at radius 3 is 2.22 bits per heavy atom. The van der Waals surface area contributed by atoms with E-state index < -0.39 is 0 Å². The molecule has 0 aliphatic heterocycles. The monoisotopic (exact) mass is 234 g/mol. The van der Waals surface area contributed by atoms with Crippen LogP contribution in [0.5, 0.6) is 0 Å². The zero-order valence-corrected chi connectivity index (χ0v) is 6.75. The Balaban J connectivity index is 3.01. The molecule has 9 heavy (non-hydrogen) atoms. The van der Waals surface area contributed by atoms with Crippen molar-refractivity contribution in [3.63, 3.8) is 0 Å². The van der Waals surface area contributed by atoms with Crippen molar-refractivity contribution in [1.29, 1.82) is 0 Å². The van der Waals surface area contributed by atoms with Gasteiger partial charge in [0.15, 0.2) is 0 Å². The van der Waals surface area contributed by atoms with Crippen molar-refractivity contribution in [2.75, 3.05) is 0 Å². The molecule has 1 N–H and O–H groups in total. The third-order valence-electron chi connectivity index (χ3n) is 0.962. The zero-order chi connectivity index (χ0) is 6.69. The van der Waals surface area contributed by atoms with Crippen LogP contribution < -0.4 is 5.18 Å². The van der Waals surface area contributed by atoms with Crippen molar-refractivity contribution in [3.8, 4) is 0 Å². The Hall–Kier alpha value is -0.450. The average molecular weight is 234 g/mol. The maximum atomic E-state index is 9.99. The first-order chi connectivity index (χ1) is 4.33. The molecule has 0 atom stereocenters. The first-order valence-electron chi connectivity index (χ1n) is 2.46. The summed E-state index contributed by atoms with van der Waals surface area (Å²) in [6.07, 6.45) is 0. The van der Waals surface area contributed by atoms with Gasteiger partial charge in [0, 0.05) is 25.8 Å². The van der Waals surface area contributed by atoms with Gasteiger partial charge in [0.1, 0.15) is 0 Å². The van der Waals surface area contributed by atoms with Crippen LogP contribution in [0.2, 0.25) is 0 Å². The Morgan fingerprint density at radius 2 is 1.78 bits per heavy atom. The van der Waals surface area contributed by atoms with E-state index >= 15 is 0 Å². The largest absolute Gasteiger partial charge is 0.253 e. The number of hydrogen-bond donors (Lipinski definition) is 1. The summed E-state index contributed by atoms with van der Waals surface area (Å²) < 4.78 is 1.13. The number of halogens is 1. The lowest BCUT2D eigenvalue weighted by molar-refractivity contribution is -0.379. The highest BCUT2D eigenvalue weighted by atomic mass is 127. The maximum absolute atomic E-state index is 9.99. The normalized spacial score (nSPS) is 9.00. The molecular weight excluding hydrogens is 229 g/mol. The highest BCUT2D eigenvalue weighted by Crippen LogP contribution is 2.05. The summed E-state index contributed by atoms with van der Waals surface area (Å²) in [7, 11) is 0. The Labute approximate surface area is 66.4 Å². The van der Waals surface area contributed by atoms with Crippen molar-refractivity contribution >= 4 is 28.3 Å². The fourth-order valence-corrected chi connectivity index (χ4v) is 0.878. The molecule has 0 radical (unpaired) electrons. The minimum Gasteiger partial charge on any atom is -0.0443 e. The standard InChI is InChI=1S/C6H4INO/c7-5-1-3-6(8-9)4-2-5/h1-4H/p+1. The van der Waals surface area contributed by atoms with Crippen LogP contribution >= 0.6 is 22.6 Å². The van der Waals surface area contributed by atoms with Crippen LogP contribution in [0.1, 0.15) is 0 Å². The van der Waals surface area contributed by atoms with Gasteiger partial charge in [-0.15, -0.1) is 0 Å². The third kappa shape index (κ3) is 1.74. The first kappa shape index (κ1) is 6.67. The van der Waals surface area contributed by atoms with Gasteiger partial charge in [0.2, 0.25) is 0 Å². The van der Waals surface area contributed by atoms with Gasteiger partial charge in [-0.25, -0.2) is 0 Å². The van der Waals surface area contributed by atoms with E-state index in [0.29, 0.717) is 5.69 Å². The molecule has 2 nitrogen and oxygen atoms in total. The van der Waals surface area contributed by atoms with E-state index in [-0.39, 0.29) is 0 Å². The topological polar surface area (TPSA) is 31.0 Å². The first-order valence-corrected chi connectivity index (χ1v) is 3.54. The fraction of sp³-hybridized carbons (Fsp3) is 0. The second-order valence-electron chi connectivity index (χ2n) is 1.61. The lowest BCUT2D eigenvalue weighted by atomic mass is 10.3. The van der Waals surface area contributed by atoms with Gasteiger partial charge in [-0.3, -0.25) is 0 Å². The predicted molar refractivity (Wildman–Crippen MR) is 43.1 cm³/mol. The average Bonchev–Trinajstić information content (AvgIpc) is 1.90. The number of rotatable bonds is 1. The summed E-state index contributed by atoms with van der Waals surface area (Å²) >= 11 is 2.18. The summed E-state index contributed by atoms with van der Waals surface area (Å²) in [4.78, 5) is 9.99. The highest BCUT2D eigenvalue weighted by molar-refractivity contribution is 14.1. The Morgan fingerprint density at radius 1 is 1.22 bits per heavy atom. The molecule has 0 heterocycles. The summed E-state index contributed by atoms with van der Waals surface area (Å²) in [6.45, 7) is 0. The smallest absolute Gasteiger partial charge is 0.0443 e. The summed E-state index contributed by atoms with van der Waals surface area (Å²) in [5, 5.41) is 1.80. The predicted octanol–water partition coefficient (Wildman–Crippen LogP) is 0.770. The van der Waals surface area contributed by atoms with E-state index in [1.807, 2.05) is 12.1 Å². The molecule has 1 aromatic rings. The van der Waals surface area contributed by atoms with Gasteiger partial charge in [-0.2, -0.15) is 0 Å². The van der Waals surface area contributed by atoms with Crippen LogP contribution in [-0.4, -0.2) is 0 Å². The van der Waals surface area contributed by atoms with E-state index in [4.69, 9.17) is 0 Å². The minimum absolute atomic E-state index is 0.607. The highest BCUT2D eigenvalue weighted by Gasteiger charge is 1.93. The molecule has 0 spiro atoms. The molecule has 1 rings (SSSR count). The van der Waals surface area contributed by atoms with E-state index in [1.165, 1.54) is 0 Å². The third-order valence-corrected chi connectivity index (χ3v) is 1.68. The van der Waals surface area contributed by atoms with Gasteiger partial charge in [-0.1, -0.05) is 0 Å². The van der Waals surface area contributed by atoms with Crippen molar-refractivity contribution < 1.29 is 5.18 Å². The van der Waals surface area contributed by atoms with Crippen molar-refractivity contribution in [2.45, 2.75) is 0 Å². The molecule has 0 aliphatic rings. The van der Waals surface area contributed by atoms with Crippen molar-refractivity contribution in [1.82, 2.24) is 0 Å². The van der Waals surface area contributed by atoms with E-state index in [2.05, 4.69) is 22.6 Å². The number of nitrogens with one attached hydrogen (secondary N) is 1. The fourth-order valence-electron chi connectivity index (χ4n) is 0.518. The van der Waals surface area contributed by atoms with Gasteiger partial charge < -0.3 is 0 Å². The van der Waals surface area contributed by atoms with Crippen molar-refractivity contribution in [3.05, 3.63) is 32.7 Å².